The van der Waals surface area contributed by atoms with E-state index >= 15 is 0 Å². The summed E-state index contributed by atoms with van der Waals surface area (Å²) < 4.78 is 29.7. The first-order valence-corrected chi connectivity index (χ1v) is 16.7. The molecule has 0 unspecified atom stereocenters. The Bertz CT molecular complexity index is 1830. The molecule has 4 aromatic rings. The van der Waals surface area contributed by atoms with Crippen molar-refractivity contribution in [2.45, 2.75) is 51.6 Å². The summed E-state index contributed by atoms with van der Waals surface area (Å²) in [7, 11) is -3.65. The third-order valence-corrected chi connectivity index (χ3v) is 11.7. The van der Waals surface area contributed by atoms with E-state index in [2.05, 4.69) is 0 Å². The van der Waals surface area contributed by atoms with E-state index in [9.17, 15) is 18.0 Å². The van der Waals surface area contributed by atoms with E-state index < -0.39 is 10.0 Å². The molecule has 41 heavy (non-hydrogen) atoms. The van der Waals surface area contributed by atoms with Crippen molar-refractivity contribution in [1.29, 1.82) is 0 Å². The molecule has 0 radical (unpaired) electrons. The van der Waals surface area contributed by atoms with Crippen LogP contribution < -0.4 is 5.56 Å². The van der Waals surface area contributed by atoms with Crippen LogP contribution in [-0.4, -0.2) is 65.0 Å². The van der Waals surface area contributed by atoms with E-state index in [0.717, 1.165) is 32.8 Å². The lowest BCUT2D eigenvalue weighted by atomic mass is 10.1. The zero-order chi connectivity index (χ0) is 29.6. The first-order chi connectivity index (χ1) is 19.4. The molecule has 3 heterocycles. The van der Waals surface area contributed by atoms with Gasteiger partial charge in [0.1, 0.15) is 4.83 Å². The molecule has 2 aromatic heterocycles. The Kier molecular flexibility index (Phi) is 8.17. The van der Waals surface area contributed by atoms with Crippen molar-refractivity contribution in [2.24, 2.45) is 0 Å². The number of fused-ring (bicyclic) bond motifs is 1. The molecule has 2 aromatic carbocycles. The zero-order valence-electron chi connectivity index (χ0n) is 24.1. The summed E-state index contributed by atoms with van der Waals surface area (Å²) in [5.74, 6) is -0.0187. The van der Waals surface area contributed by atoms with E-state index in [-0.39, 0.29) is 30.3 Å². The Morgan fingerprint density at radius 1 is 0.927 bits per heavy atom. The van der Waals surface area contributed by atoms with Gasteiger partial charge in [-0.1, -0.05) is 36.0 Å². The van der Waals surface area contributed by atoms with Crippen molar-refractivity contribution in [1.82, 2.24) is 18.8 Å². The topological polar surface area (TPSA) is 92.6 Å². The highest BCUT2D eigenvalue weighted by Gasteiger charge is 2.31. The number of aryl methyl sites for hydroxylation is 6. The molecule has 1 fully saturated rings. The number of rotatable bonds is 6. The zero-order valence-corrected chi connectivity index (χ0v) is 26.6. The summed E-state index contributed by atoms with van der Waals surface area (Å²) >= 11 is 2.73. The molecular formula is C30H34N4O4S3. The van der Waals surface area contributed by atoms with Gasteiger partial charge in [0, 0.05) is 31.1 Å². The third kappa shape index (κ3) is 5.60. The lowest BCUT2D eigenvalue weighted by Gasteiger charge is -2.34. The van der Waals surface area contributed by atoms with Crippen molar-refractivity contribution in [3.63, 3.8) is 0 Å². The molecule has 0 spiro atoms. The number of piperazine rings is 1. The summed E-state index contributed by atoms with van der Waals surface area (Å²) in [4.78, 5) is 35.7. The molecule has 1 aliphatic heterocycles. The molecule has 0 saturated carbocycles. The summed E-state index contributed by atoms with van der Waals surface area (Å²) in [6, 6.07) is 11.4. The van der Waals surface area contributed by atoms with Gasteiger partial charge in [-0.3, -0.25) is 14.2 Å². The van der Waals surface area contributed by atoms with Crippen LogP contribution in [0.3, 0.4) is 0 Å². The third-order valence-electron chi connectivity index (χ3n) is 7.66. The molecule has 0 atom stereocenters. The van der Waals surface area contributed by atoms with Crippen molar-refractivity contribution in [3.05, 3.63) is 79.4 Å². The average molecular weight is 611 g/mol. The minimum atomic E-state index is -3.65. The Hall–Kier alpha value is -2.99. The molecule has 0 aliphatic carbocycles. The number of thioether (sulfide) groups is 1. The largest absolute Gasteiger partial charge is 0.339 e. The van der Waals surface area contributed by atoms with Crippen LogP contribution in [0.4, 0.5) is 0 Å². The normalized spacial score (nSPS) is 14.6. The first kappa shape index (κ1) is 29.5. The van der Waals surface area contributed by atoms with Crippen LogP contribution in [0.1, 0.15) is 32.7 Å². The van der Waals surface area contributed by atoms with Crippen molar-refractivity contribution < 1.29 is 13.2 Å². The van der Waals surface area contributed by atoms with Crippen LogP contribution in [0.25, 0.3) is 15.9 Å². The second-order valence-electron chi connectivity index (χ2n) is 10.6. The number of carbonyl (C=O) groups excluding carboxylic acids is 1. The second-order valence-corrected chi connectivity index (χ2v) is 14.7. The van der Waals surface area contributed by atoms with Gasteiger partial charge in [0.15, 0.2) is 5.16 Å². The molecule has 11 heteroatoms. The van der Waals surface area contributed by atoms with Gasteiger partial charge in [-0.05, 0) is 81.5 Å². The number of thiophene rings is 1. The Morgan fingerprint density at radius 3 is 2.24 bits per heavy atom. The van der Waals surface area contributed by atoms with Gasteiger partial charge in [-0.2, -0.15) is 4.31 Å². The van der Waals surface area contributed by atoms with E-state index in [1.54, 1.807) is 22.5 Å². The average Bonchev–Trinajstić information content (AvgIpc) is 3.23. The molecule has 0 bridgehead atoms. The fourth-order valence-corrected chi connectivity index (χ4v) is 8.78. The molecular weight excluding hydrogens is 577 g/mol. The van der Waals surface area contributed by atoms with Crippen LogP contribution in [-0.2, 0) is 14.8 Å². The maximum atomic E-state index is 13.8. The smallest absolute Gasteiger partial charge is 0.267 e. The molecule has 1 saturated heterocycles. The quantitative estimate of drug-likeness (QED) is 0.227. The van der Waals surface area contributed by atoms with E-state index in [1.165, 1.54) is 27.4 Å². The lowest BCUT2D eigenvalue weighted by molar-refractivity contribution is -0.129. The van der Waals surface area contributed by atoms with Gasteiger partial charge in [0.25, 0.3) is 5.56 Å². The standard InChI is InChI=1S/C30H34N4O4S3/c1-18-7-9-20(3)24(15-18)34-29(36)27-22(5)23(6)40-28(27)31-30(34)39-17-26(35)32-11-13-33(14-12-32)41(37,38)25-16-19(2)8-10-21(25)4/h7-10,15-16H,11-14,17H2,1-6H3. The summed E-state index contributed by atoms with van der Waals surface area (Å²) in [5.41, 5.74) is 5.12. The minimum Gasteiger partial charge on any atom is -0.339 e. The van der Waals surface area contributed by atoms with Gasteiger partial charge in [-0.15, -0.1) is 11.3 Å². The van der Waals surface area contributed by atoms with Gasteiger partial charge in [-0.25, -0.2) is 13.4 Å². The van der Waals surface area contributed by atoms with Crippen molar-refractivity contribution in [3.8, 4) is 5.69 Å². The first-order valence-electron chi connectivity index (χ1n) is 13.5. The van der Waals surface area contributed by atoms with Gasteiger partial charge in [0.05, 0.1) is 21.7 Å². The molecule has 8 nitrogen and oxygen atoms in total. The van der Waals surface area contributed by atoms with Crippen LogP contribution >= 0.6 is 23.1 Å². The van der Waals surface area contributed by atoms with E-state index in [0.29, 0.717) is 38.9 Å². The highest BCUT2D eigenvalue weighted by molar-refractivity contribution is 7.99. The number of nitrogens with zero attached hydrogens (tertiary/aromatic N) is 4. The highest BCUT2D eigenvalue weighted by Crippen LogP contribution is 2.31. The molecule has 1 amide bonds. The SMILES string of the molecule is Cc1ccc(C)c(-n2c(SCC(=O)N3CCN(S(=O)(=O)c4cc(C)ccc4C)CC3)nc3sc(C)c(C)c3c2=O)c1. The van der Waals surface area contributed by atoms with Crippen molar-refractivity contribution >= 4 is 49.2 Å². The fourth-order valence-electron chi connectivity index (χ4n) is 5.06. The van der Waals surface area contributed by atoms with Crippen LogP contribution in [0, 0.1) is 41.5 Å². The predicted octanol–water partition coefficient (Wildman–Crippen LogP) is 4.92. The summed E-state index contributed by atoms with van der Waals surface area (Å²) in [6.07, 6.45) is 0. The minimum absolute atomic E-state index is 0.0931. The number of sulfonamides is 1. The molecule has 216 valence electrons. The molecule has 0 N–H and O–H groups in total. The van der Waals surface area contributed by atoms with Crippen LogP contribution in [0.5, 0.6) is 0 Å². The van der Waals surface area contributed by atoms with Gasteiger partial charge in [0.2, 0.25) is 15.9 Å². The van der Waals surface area contributed by atoms with E-state index in [1.807, 2.05) is 65.0 Å². The number of hydrogen-bond acceptors (Lipinski definition) is 7. The lowest BCUT2D eigenvalue weighted by Crippen LogP contribution is -2.51. The maximum absolute atomic E-state index is 13.8. The Balaban J connectivity index is 1.36. The molecule has 1 aliphatic rings. The number of aromatic nitrogens is 2. The Morgan fingerprint density at radius 2 is 1.56 bits per heavy atom. The van der Waals surface area contributed by atoms with Crippen LogP contribution in [0.15, 0.2) is 51.2 Å². The Labute approximate surface area is 249 Å². The molecule has 5 rings (SSSR count). The predicted molar refractivity (Wildman–Crippen MR) is 166 cm³/mol. The summed E-state index contributed by atoms with van der Waals surface area (Å²) in [6.45, 7) is 12.6. The van der Waals surface area contributed by atoms with Crippen molar-refractivity contribution in [2.75, 3.05) is 31.9 Å². The second kappa shape index (κ2) is 11.4. The highest BCUT2D eigenvalue weighted by atomic mass is 32.2. The van der Waals surface area contributed by atoms with Gasteiger partial charge >= 0.3 is 0 Å². The fraction of sp³-hybridized carbons (Fsp3) is 0.367. The van der Waals surface area contributed by atoms with E-state index in [4.69, 9.17) is 4.98 Å². The van der Waals surface area contributed by atoms with Gasteiger partial charge < -0.3 is 4.90 Å². The number of carbonyl (C=O) groups is 1. The maximum Gasteiger partial charge on any atom is 0.267 e. The van der Waals surface area contributed by atoms with Crippen LogP contribution in [0.2, 0.25) is 0 Å². The number of benzene rings is 2. The monoisotopic (exact) mass is 610 g/mol. The number of hydrogen-bond donors (Lipinski definition) is 0. The summed E-state index contributed by atoms with van der Waals surface area (Å²) in [5, 5.41) is 1.09. The number of amides is 1.